The van der Waals surface area contributed by atoms with Gasteiger partial charge in [0, 0.05) is 10.0 Å². The quantitative estimate of drug-likeness (QED) is 0.617. The standard InChI is InChI=1S/C13H17BrO3/c1-13(2,3)17-7-6-16-11-5-4-10(9-15)12(14)8-11/h4-5,8-9H,6-7H2,1-3H3. The highest BCUT2D eigenvalue weighted by Crippen LogP contribution is 2.21. The molecule has 17 heavy (non-hydrogen) atoms. The lowest BCUT2D eigenvalue weighted by Crippen LogP contribution is -2.22. The fourth-order valence-electron chi connectivity index (χ4n) is 1.20. The van der Waals surface area contributed by atoms with Crippen LogP contribution in [0.1, 0.15) is 31.1 Å². The van der Waals surface area contributed by atoms with E-state index in [1.165, 1.54) is 0 Å². The van der Waals surface area contributed by atoms with E-state index in [4.69, 9.17) is 9.47 Å². The van der Waals surface area contributed by atoms with E-state index >= 15 is 0 Å². The zero-order valence-electron chi connectivity index (χ0n) is 10.3. The van der Waals surface area contributed by atoms with Crippen LogP contribution >= 0.6 is 15.9 Å². The number of carbonyl (C=O) groups excluding carboxylic acids is 1. The molecule has 0 unspecified atom stereocenters. The molecule has 0 aromatic heterocycles. The molecule has 0 aliphatic carbocycles. The first kappa shape index (κ1) is 14.2. The number of rotatable bonds is 5. The number of aldehydes is 1. The smallest absolute Gasteiger partial charge is 0.151 e. The number of ether oxygens (including phenoxy) is 2. The van der Waals surface area contributed by atoms with Gasteiger partial charge < -0.3 is 9.47 Å². The van der Waals surface area contributed by atoms with E-state index in [2.05, 4.69) is 15.9 Å². The van der Waals surface area contributed by atoms with Crippen LogP contribution in [0.15, 0.2) is 22.7 Å². The Morgan fingerprint density at radius 1 is 1.29 bits per heavy atom. The first-order valence-electron chi connectivity index (χ1n) is 5.44. The largest absolute Gasteiger partial charge is 0.491 e. The van der Waals surface area contributed by atoms with E-state index in [0.29, 0.717) is 18.8 Å². The molecule has 0 aliphatic rings. The van der Waals surface area contributed by atoms with Gasteiger partial charge in [0.25, 0.3) is 0 Å². The second-order valence-corrected chi connectivity index (χ2v) is 5.46. The third-order valence-electron chi connectivity index (χ3n) is 1.99. The van der Waals surface area contributed by atoms with Crippen LogP contribution in [0.4, 0.5) is 0 Å². The number of carbonyl (C=O) groups is 1. The Hall–Kier alpha value is -0.870. The number of hydrogen-bond acceptors (Lipinski definition) is 3. The third kappa shape index (κ3) is 5.33. The Morgan fingerprint density at radius 3 is 2.53 bits per heavy atom. The fourth-order valence-corrected chi connectivity index (χ4v) is 1.65. The van der Waals surface area contributed by atoms with Gasteiger partial charge in [0.15, 0.2) is 6.29 Å². The molecule has 0 spiro atoms. The van der Waals surface area contributed by atoms with Crippen LogP contribution < -0.4 is 4.74 Å². The molecule has 1 rings (SSSR count). The number of benzene rings is 1. The molecular weight excluding hydrogens is 284 g/mol. The van der Waals surface area contributed by atoms with Gasteiger partial charge >= 0.3 is 0 Å². The monoisotopic (exact) mass is 300 g/mol. The number of halogens is 1. The summed E-state index contributed by atoms with van der Waals surface area (Å²) in [4.78, 5) is 10.6. The molecule has 1 aromatic rings. The average molecular weight is 301 g/mol. The summed E-state index contributed by atoms with van der Waals surface area (Å²) in [6.07, 6.45) is 0.802. The van der Waals surface area contributed by atoms with E-state index < -0.39 is 0 Å². The van der Waals surface area contributed by atoms with Gasteiger partial charge in [0.1, 0.15) is 12.4 Å². The molecule has 0 bridgehead atoms. The van der Waals surface area contributed by atoms with Crippen molar-refractivity contribution in [1.29, 1.82) is 0 Å². The minimum Gasteiger partial charge on any atom is -0.491 e. The molecule has 94 valence electrons. The summed E-state index contributed by atoms with van der Waals surface area (Å²) >= 11 is 3.31. The Balaban J connectivity index is 2.42. The van der Waals surface area contributed by atoms with Crippen LogP contribution in [0, 0.1) is 0 Å². The van der Waals surface area contributed by atoms with Crippen LogP contribution in [0.5, 0.6) is 5.75 Å². The lowest BCUT2D eigenvalue weighted by Gasteiger charge is -2.19. The summed E-state index contributed by atoms with van der Waals surface area (Å²) in [5.74, 6) is 0.722. The van der Waals surface area contributed by atoms with Gasteiger partial charge in [-0.15, -0.1) is 0 Å². The Bertz CT molecular complexity index is 383. The van der Waals surface area contributed by atoms with Gasteiger partial charge in [0.2, 0.25) is 0 Å². The maximum atomic E-state index is 10.6. The minimum absolute atomic E-state index is 0.148. The van der Waals surface area contributed by atoms with E-state index in [1.54, 1.807) is 18.2 Å². The molecule has 0 amide bonds. The average Bonchev–Trinajstić information content (AvgIpc) is 2.23. The van der Waals surface area contributed by atoms with E-state index in [9.17, 15) is 4.79 Å². The zero-order valence-corrected chi connectivity index (χ0v) is 11.9. The van der Waals surface area contributed by atoms with Crippen molar-refractivity contribution >= 4 is 22.2 Å². The third-order valence-corrected chi connectivity index (χ3v) is 2.67. The molecular formula is C13H17BrO3. The summed E-state index contributed by atoms with van der Waals surface area (Å²) < 4.78 is 11.8. The van der Waals surface area contributed by atoms with Gasteiger partial charge in [-0.3, -0.25) is 4.79 Å². The van der Waals surface area contributed by atoms with Crippen molar-refractivity contribution in [1.82, 2.24) is 0 Å². The first-order valence-corrected chi connectivity index (χ1v) is 6.23. The van der Waals surface area contributed by atoms with Crippen molar-refractivity contribution < 1.29 is 14.3 Å². The summed E-state index contributed by atoms with van der Waals surface area (Å²) in [5.41, 5.74) is 0.467. The van der Waals surface area contributed by atoms with Gasteiger partial charge in [-0.05, 0) is 54.9 Å². The highest BCUT2D eigenvalue weighted by atomic mass is 79.9. The van der Waals surface area contributed by atoms with E-state index in [-0.39, 0.29) is 5.60 Å². The number of hydrogen-bond donors (Lipinski definition) is 0. The molecule has 1 aromatic carbocycles. The normalized spacial score (nSPS) is 11.3. The highest BCUT2D eigenvalue weighted by molar-refractivity contribution is 9.10. The molecule has 4 heteroatoms. The molecule has 0 atom stereocenters. The van der Waals surface area contributed by atoms with Crippen LogP contribution in [-0.4, -0.2) is 25.1 Å². The predicted octanol–water partition coefficient (Wildman–Crippen LogP) is 3.46. The van der Waals surface area contributed by atoms with Gasteiger partial charge in [-0.25, -0.2) is 0 Å². The van der Waals surface area contributed by atoms with Crippen molar-refractivity contribution in [3.8, 4) is 5.75 Å². The van der Waals surface area contributed by atoms with Crippen LogP contribution in [0.2, 0.25) is 0 Å². The second kappa shape index (κ2) is 6.17. The molecule has 0 saturated heterocycles. The molecule has 0 radical (unpaired) electrons. The van der Waals surface area contributed by atoms with Gasteiger partial charge in [0.05, 0.1) is 12.2 Å². The Kier molecular flexibility index (Phi) is 5.15. The van der Waals surface area contributed by atoms with E-state index in [1.807, 2.05) is 20.8 Å². The second-order valence-electron chi connectivity index (χ2n) is 4.61. The Morgan fingerprint density at radius 2 is 2.00 bits per heavy atom. The molecule has 0 aliphatic heterocycles. The van der Waals surface area contributed by atoms with Crippen molar-refractivity contribution in [3.05, 3.63) is 28.2 Å². The van der Waals surface area contributed by atoms with E-state index in [0.717, 1.165) is 16.5 Å². The topological polar surface area (TPSA) is 35.5 Å². The predicted molar refractivity (Wildman–Crippen MR) is 70.7 cm³/mol. The van der Waals surface area contributed by atoms with Crippen molar-refractivity contribution in [2.24, 2.45) is 0 Å². The van der Waals surface area contributed by atoms with Crippen LogP contribution in [-0.2, 0) is 4.74 Å². The van der Waals surface area contributed by atoms with Crippen molar-refractivity contribution in [3.63, 3.8) is 0 Å². The fraction of sp³-hybridized carbons (Fsp3) is 0.462. The lowest BCUT2D eigenvalue weighted by molar-refractivity contribution is -0.0163. The summed E-state index contributed by atoms with van der Waals surface area (Å²) in [7, 11) is 0. The minimum atomic E-state index is -0.148. The summed E-state index contributed by atoms with van der Waals surface area (Å²) in [5, 5.41) is 0. The molecule has 0 heterocycles. The van der Waals surface area contributed by atoms with Gasteiger partial charge in [-0.1, -0.05) is 0 Å². The molecule has 0 N–H and O–H groups in total. The maximum Gasteiger partial charge on any atom is 0.151 e. The summed E-state index contributed by atoms with van der Waals surface area (Å²) in [6.45, 7) is 7.04. The first-order chi connectivity index (χ1) is 7.92. The van der Waals surface area contributed by atoms with Crippen LogP contribution in [0.25, 0.3) is 0 Å². The lowest BCUT2D eigenvalue weighted by atomic mass is 10.2. The molecule has 0 saturated carbocycles. The van der Waals surface area contributed by atoms with Crippen molar-refractivity contribution in [2.45, 2.75) is 26.4 Å². The summed E-state index contributed by atoms with van der Waals surface area (Å²) in [6, 6.07) is 5.27. The van der Waals surface area contributed by atoms with Gasteiger partial charge in [-0.2, -0.15) is 0 Å². The molecule has 3 nitrogen and oxygen atoms in total. The molecule has 0 fully saturated rings. The Labute approximate surface area is 110 Å². The zero-order chi connectivity index (χ0) is 12.9. The SMILES string of the molecule is CC(C)(C)OCCOc1ccc(C=O)c(Br)c1. The van der Waals surface area contributed by atoms with Crippen LogP contribution in [0.3, 0.4) is 0 Å². The maximum absolute atomic E-state index is 10.6. The van der Waals surface area contributed by atoms with Crippen molar-refractivity contribution in [2.75, 3.05) is 13.2 Å². The highest BCUT2D eigenvalue weighted by Gasteiger charge is 2.09.